The van der Waals surface area contributed by atoms with Gasteiger partial charge in [0.2, 0.25) is 0 Å². The molecule has 1 saturated carbocycles. The van der Waals surface area contributed by atoms with Crippen molar-refractivity contribution in [2.24, 2.45) is 5.92 Å². The fourth-order valence-corrected chi connectivity index (χ4v) is 2.80. The van der Waals surface area contributed by atoms with Gasteiger partial charge in [-0.05, 0) is 49.9 Å². The summed E-state index contributed by atoms with van der Waals surface area (Å²) in [4.78, 5) is 0. The minimum atomic E-state index is -0.0752. The van der Waals surface area contributed by atoms with Crippen LogP contribution in [0.25, 0.3) is 0 Å². The average Bonchev–Trinajstić information content (AvgIpc) is 2.65. The van der Waals surface area contributed by atoms with Gasteiger partial charge in [0, 0.05) is 0 Å². The van der Waals surface area contributed by atoms with Gasteiger partial charge in [-0.1, -0.05) is 43.9 Å². The highest BCUT2D eigenvalue weighted by Gasteiger charge is 2.11. The van der Waals surface area contributed by atoms with Crippen molar-refractivity contribution in [3.05, 3.63) is 35.6 Å². The molecule has 0 saturated heterocycles. The van der Waals surface area contributed by atoms with E-state index < -0.39 is 0 Å². The normalized spacial score (nSPS) is 17.6. The van der Waals surface area contributed by atoms with Crippen LogP contribution in [0.15, 0.2) is 24.3 Å². The summed E-state index contributed by atoms with van der Waals surface area (Å²) in [5, 5.41) is 3.49. The monoisotopic (exact) mass is 249 g/mol. The van der Waals surface area contributed by atoms with Crippen molar-refractivity contribution in [1.82, 2.24) is 5.32 Å². The van der Waals surface area contributed by atoms with Crippen molar-refractivity contribution in [1.29, 1.82) is 0 Å². The molecule has 100 valence electrons. The first kappa shape index (κ1) is 13.5. The lowest BCUT2D eigenvalue weighted by atomic mass is 10.0. The van der Waals surface area contributed by atoms with Crippen LogP contribution in [0.3, 0.4) is 0 Å². The maximum Gasteiger partial charge on any atom is 0.126 e. The lowest BCUT2D eigenvalue weighted by Gasteiger charge is -2.14. The van der Waals surface area contributed by atoms with Crippen LogP contribution in [0.4, 0.5) is 4.39 Å². The predicted molar refractivity (Wildman–Crippen MR) is 74.2 cm³/mol. The first-order valence-electron chi connectivity index (χ1n) is 7.30. The summed E-state index contributed by atoms with van der Waals surface area (Å²) in [7, 11) is 0. The quantitative estimate of drug-likeness (QED) is 0.616. The van der Waals surface area contributed by atoms with Crippen LogP contribution < -0.4 is 5.32 Å². The van der Waals surface area contributed by atoms with Crippen molar-refractivity contribution in [2.75, 3.05) is 13.1 Å². The number of halogens is 1. The van der Waals surface area contributed by atoms with Gasteiger partial charge in [0.25, 0.3) is 0 Å². The molecule has 0 amide bonds. The summed E-state index contributed by atoms with van der Waals surface area (Å²) in [6.07, 6.45) is 9.12. The molecule has 1 aromatic rings. The van der Waals surface area contributed by atoms with Crippen LogP contribution in [0.1, 0.15) is 44.1 Å². The second-order valence-corrected chi connectivity index (χ2v) is 5.40. The minimum Gasteiger partial charge on any atom is -0.316 e. The summed E-state index contributed by atoms with van der Waals surface area (Å²) >= 11 is 0. The number of hydrogen-bond donors (Lipinski definition) is 1. The maximum atomic E-state index is 13.4. The van der Waals surface area contributed by atoms with Crippen LogP contribution >= 0.6 is 0 Å². The third-order valence-corrected chi connectivity index (χ3v) is 3.94. The van der Waals surface area contributed by atoms with Gasteiger partial charge < -0.3 is 5.32 Å². The average molecular weight is 249 g/mol. The smallest absolute Gasteiger partial charge is 0.126 e. The van der Waals surface area contributed by atoms with E-state index in [1.807, 2.05) is 12.1 Å². The molecule has 0 heterocycles. The Kier molecular flexibility index (Phi) is 5.66. The summed E-state index contributed by atoms with van der Waals surface area (Å²) in [5.41, 5.74) is 0.825. The summed E-state index contributed by atoms with van der Waals surface area (Å²) in [6.45, 7) is 1.99. The highest BCUT2D eigenvalue weighted by Crippen LogP contribution is 2.22. The van der Waals surface area contributed by atoms with Gasteiger partial charge in [-0.2, -0.15) is 0 Å². The lowest BCUT2D eigenvalue weighted by Crippen LogP contribution is -2.25. The Morgan fingerprint density at radius 2 is 1.78 bits per heavy atom. The summed E-state index contributed by atoms with van der Waals surface area (Å²) in [5.74, 6) is 0.766. The van der Waals surface area contributed by atoms with E-state index in [0.29, 0.717) is 0 Å². The number of hydrogen-bond acceptors (Lipinski definition) is 1. The zero-order valence-electron chi connectivity index (χ0n) is 11.1. The molecule has 1 nitrogen and oxygen atoms in total. The van der Waals surface area contributed by atoms with Gasteiger partial charge in [-0.3, -0.25) is 0 Å². The minimum absolute atomic E-state index is 0.0752. The van der Waals surface area contributed by atoms with E-state index in [1.165, 1.54) is 38.5 Å². The van der Waals surface area contributed by atoms with Gasteiger partial charge in [-0.25, -0.2) is 4.39 Å². The van der Waals surface area contributed by atoms with Crippen molar-refractivity contribution in [2.45, 2.75) is 44.9 Å². The van der Waals surface area contributed by atoms with Gasteiger partial charge in [0.1, 0.15) is 5.82 Å². The van der Waals surface area contributed by atoms with E-state index in [2.05, 4.69) is 5.32 Å². The van der Waals surface area contributed by atoms with E-state index in [1.54, 1.807) is 12.1 Å². The Labute approximate surface area is 110 Å². The molecular weight excluding hydrogens is 225 g/mol. The Balaban J connectivity index is 1.65. The Morgan fingerprint density at radius 3 is 2.50 bits per heavy atom. The zero-order chi connectivity index (χ0) is 12.6. The fourth-order valence-electron chi connectivity index (χ4n) is 2.80. The molecule has 1 aliphatic rings. The molecule has 0 aliphatic heterocycles. The lowest BCUT2D eigenvalue weighted by molar-refractivity contribution is 0.426. The number of rotatable bonds is 5. The van der Waals surface area contributed by atoms with Gasteiger partial charge in [0.15, 0.2) is 0 Å². The van der Waals surface area contributed by atoms with Crippen molar-refractivity contribution >= 4 is 0 Å². The van der Waals surface area contributed by atoms with Gasteiger partial charge in [0.05, 0.1) is 0 Å². The van der Waals surface area contributed by atoms with E-state index in [-0.39, 0.29) is 5.82 Å². The zero-order valence-corrected chi connectivity index (χ0v) is 11.1. The van der Waals surface area contributed by atoms with Crippen LogP contribution in [-0.2, 0) is 6.42 Å². The molecule has 2 rings (SSSR count). The molecule has 0 aromatic heterocycles. The summed E-state index contributed by atoms with van der Waals surface area (Å²) in [6, 6.07) is 7.07. The molecule has 0 atom stereocenters. The number of benzene rings is 1. The Morgan fingerprint density at radius 1 is 1.06 bits per heavy atom. The first-order chi connectivity index (χ1) is 8.86. The largest absolute Gasteiger partial charge is 0.316 e. The topological polar surface area (TPSA) is 12.0 Å². The Hall–Kier alpha value is -0.890. The third-order valence-electron chi connectivity index (χ3n) is 3.94. The predicted octanol–water partition coefficient (Wildman–Crippen LogP) is 3.93. The second-order valence-electron chi connectivity index (χ2n) is 5.40. The SMILES string of the molecule is Fc1ccccc1CCNCC1CCCCCC1. The van der Waals surface area contributed by atoms with Crippen molar-refractivity contribution in [3.63, 3.8) is 0 Å². The highest BCUT2D eigenvalue weighted by molar-refractivity contribution is 5.17. The highest BCUT2D eigenvalue weighted by atomic mass is 19.1. The van der Waals surface area contributed by atoms with Crippen molar-refractivity contribution < 1.29 is 4.39 Å². The molecule has 0 bridgehead atoms. The molecule has 1 fully saturated rings. The molecule has 0 unspecified atom stereocenters. The van der Waals surface area contributed by atoms with Crippen LogP contribution in [0.2, 0.25) is 0 Å². The molecule has 2 heteroatoms. The third kappa shape index (κ3) is 4.41. The van der Waals surface area contributed by atoms with E-state index in [0.717, 1.165) is 31.0 Å². The molecule has 1 aromatic carbocycles. The molecular formula is C16H24FN. The van der Waals surface area contributed by atoms with E-state index in [4.69, 9.17) is 0 Å². The number of nitrogens with one attached hydrogen (secondary N) is 1. The molecule has 0 radical (unpaired) electrons. The maximum absolute atomic E-state index is 13.4. The first-order valence-corrected chi connectivity index (χ1v) is 7.30. The van der Waals surface area contributed by atoms with E-state index in [9.17, 15) is 4.39 Å². The van der Waals surface area contributed by atoms with Gasteiger partial charge in [-0.15, -0.1) is 0 Å². The molecule has 1 N–H and O–H groups in total. The van der Waals surface area contributed by atoms with Gasteiger partial charge >= 0.3 is 0 Å². The fraction of sp³-hybridized carbons (Fsp3) is 0.625. The molecule has 0 spiro atoms. The standard InChI is InChI=1S/C16H24FN/c17-16-10-6-5-9-15(16)11-12-18-13-14-7-3-1-2-4-8-14/h5-6,9-10,14,18H,1-4,7-8,11-13H2. The Bertz CT molecular complexity index is 343. The van der Waals surface area contributed by atoms with Crippen LogP contribution in [-0.4, -0.2) is 13.1 Å². The van der Waals surface area contributed by atoms with E-state index >= 15 is 0 Å². The van der Waals surface area contributed by atoms with Crippen LogP contribution in [0.5, 0.6) is 0 Å². The van der Waals surface area contributed by atoms with Crippen LogP contribution in [0, 0.1) is 11.7 Å². The second kappa shape index (κ2) is 7.52. The molecule has 18 heavy (non-hydrogen) atoms. The molecule has 1 aliphatic carbocycles. The summed E-state index contributed by atoms with van der Waals surface area (Å²) < 4.78 is 13.4. The van der Waals surface area contributed by atoms with Crippen molar-refractivity contribution in [3.8, 4) is 0 Å².